The molecule has 6 aliphatic heterocycles. The minimum Gasteiger partial charge on any atom is -0.750 e. The van der Waals surface area contributed by atoms with E-state index < -0.39 is 69.5 Å². The lowest BCUT2D eigenvalue weighted by atomic mass is 10.1. The van der Waals surface area contributed by atoms with E-state index in [1.54, 1.807) is 267 Å². The number of anilines is 4. The van der Waals surface area contributed by atoms with E-state index in [1.165, 1.54) is 103 Å². The first-order chi connectivity index (χ1) is 67.0. The molecule has 38 heteroatoms. The smallest absolute Gasteiger partial charge is 0.281 e. The summed E-state index contributed by atoms with van der Waals surface area (Å²) in [4.78, 5) is 200. The minimum atomic E-state index is -2.88. The second-order valence-electron chi connectivity index (χ2n) is 29.5. The van der Waals surface area contributed by atoms with Crippen molar-refractivity contribution >= 4 is 160 Å². The van der Waals surface area contributed by atoms with Crippen LogP contribution in [0.3, 0.4) is 0 Å². The van der Waals surface area contributed by atoms with E-state index in [1.807, 2.05) is 0 Å². The van der Waals surface area contributed by atoms with E-state index >= 15 is 0 Å². The van der Waals surface area contributed by atoms with Gasteiger partial charge in [0.1, 0.15) is 68.4 Å². The number of aromatic hydroxyl groups is 2. The van der Waals surface area contributed by atoms with E-state index in [4.69, 9.17) is 28.0 Å². The molecule has 0 saturated heterocycles. The number of fused-ring (bicyclic) bond motifs is 8. The molecule has 36 nitrogen and oxygen atoms in total. The molecule has 0 spiro atoms. The molecule has 0 radical (unpaired) electrons. The number of allylic oxidation sites excluding steroid dienone is 4. The van der Waals surface area contributed by atoms with Gasteiger partial charge >= 0.3 is 0 Å². The maximum Gasteiger partial charge on any atom is 0.281 e. The molecule has 14 heterocycles. The van der Waals surface area contributed by atoms with E-state index in [2.05, 4.69) is 48.6 Å². The van der Waals surface area contributed by atoms with E-state index in [0.29, 0.717) is 78.2 Å². The summed E-state index contributed by atoms with van der Waals surface area (Å²) in [6.07, 6.45) is 12.0. The number of Topliss-reactive ketones (excluding diaryl/α,β-unsaturated/α-hetero) is 6. The topological polar surface area (TPSA) is 515 Å². The minimum absolute atomic E-state index is 0. The van der Waals surface area contributed by atoms with Crippen LogP contribution >= 0.6 is 0 Å². The zero-order valence-corrected chi connectivity index (χ0v) is 72.1. The monoisotopic (exact) mass is 1890 g/mol. The Morgan fingerprint density at radius 2 is 0.525 bits per heavy atom. The number of amides is 4. The lowest BCUT2D eigenvalue weighted by Crippen LogP contribution is -2.37. The predicted molar refractivity (Wildman–Crippen MR) is 497 cm³/mol. The van der Waals surface area contributed by atoms with Crippen molar-refractivity contribution in [2.75, 3.05) is 19.6 Å². The first-order valence-electron chi connectivity index (χ1n) is 40.9. The van der Waals surface area contributed by atoms with Gasteiger partial charge in [0.15, 0.2) is 11.5 Å². The Bertz CT molecular complexity index is 7240. The van der Waals surface area contributed by atoms with Gasteiger partial charge in [-0.1, -0.05) is 129 Å². The number of benzene rings is 8. The Labute approximate surface area is 789 Å². The first kappa shape index (κ1) is 93.7. The number of hydrogen-bond acceptors (Lipinski definition) is 30. The van der Waals surface area contributed by atoms with Gasteiger partial charge in [0.2, 0.25) is 34.7 Å². The van der Waals surface area contributed by atoms with Crippen molar-refractivity contribution in [1.82, 2.24) is 39.0 Å². The Balaban J connectivity index is 0.000000130. The third-order valence-electron chi connectivity index (χ3n) is 21.8. The van der Waals surface area contributed by atoms with Gasteiger partial charge in [-0.3, -0.25) is 116 Å². The van der Waals surface area contributed by atoms with Gasteiger partial charge in [-0.05, 0) is 170 Å². The Hall–Kier alpha value is -18.5. The number of carbonyl (C=O) groups excluding carboxylic acids is 12. The highest BCUT2D eigenvalue weighted by Gasteiger charge is 2.50. The van der Waals surface area contributed by atoms with Crippen molar-refractivity contribution in [3.8, 4) is 11.5 Å². The predicted octanol–water partition coefficient (Wildman–Crippen LogP) is 12.4. The number of ketones is 6. The molecule has 4 amide bonds. The highest BCUT2D eigenvalue weighted by molar-refractivity contribution is 7.74. The summed E-state index contributed by atoms with van der Waals surface area (Å²) in [7, 11) is 0. The third-order valence-corrected chi connectivity index (χ3v) is 22.0. The van der Waals surface area contributed by atoms with Gasteiger partial charge in [0.25, 0.3) is 35.4 Å². The molecule has 0 bridgehead atoms. The fraction of sp³-hybridized carbons (Fsp3) is 0.00990. The number of aliphatic imine (C=N–C) groups is 2. The summed E-state index contributed by atoms with van der Waals surface area (Å²) in [5.74, 6) is -6.19. The molecule has 8 aromatic heterocycles. The number of hydrogen-bond donors (Lipinski definition) is 2. The van der Waals surface area contributed by atoms with Crippen LogP contribution in [-0.2, 0) is 31.4 Å². The van der Waals surface area contributed by atoms with Gasteiger partial charge in [-0.2, -0.15) is 0 Å². The van der Waals surface area contributed by atoms with Crippen LogP contribution in [0.2, 0.25) is 0 Å². The summed E-state index contributed by atoms with van der Waals surface area (Å²) in [6.45, 7) is 0. The standard InChI is InChI=1S/2C28H16N4O4.2C22H13N3O3.CH4.2H2O4S/c2*33-25-17-9-1-3-13-21(17)31(27(35)19-11-5-7-15-29-19)23(25)24-26(34)18-10-2-4-14-22(18)32(24)28(36)20-12-6-8-16-30-20;2*26-20-14-5-1-3-7-16(14)24-18(20)19-21(27)15-6-2-4-8-17(15)25(19)22(28)13-9-11-23-12-10-13;;2*1-4-5(2)3/h2*1-16H;2*1-12,27H;1H4;2*1H,(H,2,3)/p-4/b2*24-23+;;;;;. The lowest BCUT2D eigenvalue weighted by molar-refractivity contribution is -0.635. The van der Waals surface area contributed by atoms with Gasteiger partial charge in [0, 0.05) is 105 Å². The van der Waals surface area contributed by atoms with Gasteiger partial charge < -0.3 is 38.5 Å². The lowest BCUT2D eigenvalue weighted by Gasteiger charge is -2.24. The second kappa shape index (κ2) is 40.5. The Kier molecular flexibility index (Phi) is 27.3. The molecule has 2 atom stereocenters. The van der Waals surface area contributed by atoms with Crippen LogP contribution in [0.4, 0.5) is 34.1 Å². The molecule has 684 valence electrons. The number of rotatable bonds is 10. The summed E-state index contributed by atoms with van der Waals surface area (Å²) in [6, 6.07) is 79.9. The fourth-order valence-electron chi connectivity index (χ4n) is 15.9. The number of para-hydroxylation sites is 8. The van der Waals surface area contributed by atoms with Crippen molar-refractivity contribution in [3.63, 3.8) is 0 Å². The van der Waals surface area contributed by atoms with Crippen molar-refractivity contribution in [2.45, 2.75) is 7.43 Å². The number of pyridine rings is 6. The SMILES string of the molecule is C.O=C1/C(=C2/C(=O)c3ccccc3N2C(=O)c2ccccn2)N(C(=O)c2ccccn2)c2ccccc21.O=C1/C(=C2/C(=O)c3ccccc3N2C(=O)c2ccccn2)N(C(=O)c2ccccn2)c2ccccc21.O=C1C(c2c(O)c3ccccc3n2C(=O)c2ccncc2)=Nc2ccccc21.O=C1C(c2c(O)c3ccccc3n2C(=O)c2ccncc2)=Nc2ccccc21.O=S([O-])O[O-].O=S([O-])O[O-]. The molecule has 2 N–H and O–H groups in total. The van der Waals surface area contributed by atoms with Crippen molar-refractivity contribution in [2.24, 2.45) is 9.98 Å². The average molecular weight is 1890 g/mol. The van der Waals surface area contributed by atoms with Crippen LogP contribution in [0, 0.1) is 0 Å². The van der Waals surface area contributed by atoms with Crippen LogP contribution in [0.1, 0.15) is 144 Å². The molecule has 139 heavy (non-hydrogen) atoms. The molecule has 6 aliphatic rings. The fourth-order valence-corrected chi connectivity index (χ4v) is 15.9. The molecule has 0 fully saturated rings. The van der Waals surface area contributed by atoms with Crippen LogP contribution in [0.15, 0.2) is 374 Å². The van der Waals surface area contributed by atoms with Gasteiger partial charge in [0.05, 0.1) is 67.9 Å². The zero-order valence-electron chi connectivity index (χ0n) is 70.5. The molecule has 0 aliphatic carbocycles. The molecular formula is C101H62N14O22S2-4. The van der Waals surface area contributed by atoms with Crippen molar-refractivity contribution < 1.29 is 104 Å². The molecule has 22 rings (SSSR count). The van der Waals surface area contributed by atoms with E-state index in [-0.39, 0.29) is 133 Å². The number of nitrogens with zero attached hydrogens (tertiary/aromatic N) is 14. The van der Waals surface area contributed by atoms with Gasteiger partial charge in [-0.25, -0.2) is 18.4 Å². The molecular weight excluding hydrogens is 1830 g/mol. The maximum absolute atomic E-state index is 13.8. The summed E-state index contributed by atoms with van der Waals surface area (Å²) < 4.78 is 42.9. The number of carbonyl (C=O) groups is 12. The van der Waals surface area contributed by atoms with Crippen LogP contribution in [0.25, 0.3) is 21.8 Å². The summed E-state index contributed by atoms with van der Waals surface area (Å²) >= 11 is -5.76. The molecule has 0 saturated carbocycles. The average Bonchev–Trinajstić information content (AvgIpc) is 1.57. The normalized spacial score (nSPS) is 14.6. The van der Waals surface area contributed by atoms with Crippen molar-refractivity contribution in [3.05, 3.63) is 442 Å². The van der Waals surface area contributed by atoms with E-state index in [0.717, 1.165) is 0 Å². The zero-order chi connectivity index (χ0) is 96.7. The van der Waals surface area contributed by atoms with Crippen LogP contribution in [0.5, 0.6) is 11.5 Å². The summed E-state index contributed by atoms with van der Waals surface area (Å²) in [5, 5.41) is 39.8. The van der Waals surface area contributed by atoms with Gasteiger partial charge in [-0.15, -0.1) is 0 Å². The van der Waals surface area contributed by atoms with Crippen LogP contribution in [-0.4, -0.2) is 148 Å². The van der Waals surface area contributed by atoms with E-state index in [9.17, 15) is 67.7 Å². The highest BCUT2D eigenvalue weighted by Crippen LogP contribution is 2.48. The molecule has 8 aromatic carbocycles. The summed E-state index contributed by atoms with van der Waals surface area (Å²) in [5.41, 5.74) is 5.86. The Morgan fingerprint density at radius 1 is 0.288 bits per heavy atom. The number of aromatic nitrogens is 8. The van der Waals surface area contributed by atoms with Crippen molar-refractivity contribution in [1.29, 1.82) is 0 Å². The molecule has 2 unspecified atom stereocenters. The second-order valence-corrected chi connectivity index (χ2v) is 30.6. The largest absolute Gasteiger partial charge is 0.750 e. The maximum atomic E-state index is 13.8. The highest BCUT2D eigenvalue weighted by atomic mass is 32.2. The quantitative estimate of drug-likeness (QED) is 0.0556. The third kappa shape index (κ3) is 17.7. The molecule has 16 aromatic rings. The Morgan fingerprint density at radius 3 is 0.777 bits per heavy atom. The van der Waals surface area contributed by atoms with Crippen LogP contribution < -0.4 is 30.1 Å². The first-order valence-corrected chi connectivity index (χ1v) is 42.9.